The van der Waals surface area contributed by atoms with Crippen LogP contribution < -0.4 is 10.6 Å². The second kappa shape index (κ2) is 9.12. The van der Waals surface area contributed by atoms with Gasteiger partial charge in [0.05, 0.1) is 12.2 Å². The number of hydrogen-bond acceptors (Lipinski definition) is 6. The van der Waals surface area contributed by atoms with Gasteiger partial charge in [0, 0.05) is 37.2 Å². The van der Waals surface area contributed by atoms with Crippen LogP contribution in [-0.4, -0.2) is 52.6 Å². The summed E-state index contributed by atoms with van der Waals surface area (Å²) in [4.78, 5) is 33.9. The van der Waals surface area contributed by atoms with Crippen molar-refractivity contribution in [3.63, 3.8) is 0 Å². The van der Waals surface area contributed by atoms with E-state index < -0.39 is 11.7 Å². The highest BCUT2D eigenvalue weighted by molar-refractivity contribution is 6.03. The second-order valence-electron chi connectivity index (χ2n) is 6.36. The molecule has 0 saturated carbocycles. The minimum Gasteiger partial charge on any atom is -0.450 e. The minimum atomic E-state index is -0.428. The molecular formula is C19H22FN5O3. The molecule has 0 radical (unpaired) electrons. The van der Waals surface area contributed by atoms with Crippen molar-refractivity contribution in [2.24, 2.45) is 0 Å². The molecule has 0 unspecified atom stereocenters. The zero-order valence-electron chi connectivity index (χ0n) is 15.5. The third-order valence-electron chi connectivity index (χ3n) is 4.35. The van der Waals surface area contributed by atoms with Gasteiger partial charge < -0.3 is 20.3 Å². The van der Waals surface area contributed by atoms with Crippen molar-refractivity contribution >= 4 is 23.6 Å². The van der Waals surface area contributed by atoms with Crippen LogP contribution in [0.25, 0.3) is 0 Å². The number of halogens is 1. The molecule has 9 heteroatoms. The van der Waals surface area contributed by atoms with Crippen LogP contribution in [-0.2, 0) is 4.74 Å². The Morgan fingerprint density at radius 3 is 2.61 bits per heavy atom. The highest BCUT2D eigenvalue weighted by atomic mass is 19.1. The zero-order chi connectivity index (χ0) is 19.9. The molecular weight excluding hydrogens is 365 g/mol. The monoisotopic (exact) mass is 387 g/mol. The summed E-state index contributed by atoms with van der Waals surface area (Å²) in [6.45, 7) is 3.35. The first kappa shape index (κ1) is 19.5. The number of ether oxygens (including phenoxy) is 1. The molecule has 1 fully saturated rings. The fraction of sp³-hybridized carbons (Fsp3) is 0.368. The van der Waals surface area contributed by atoms with Crippen LogP contribution in [0.1, 0.15) is 30.1 Å². The lowest BCUT2D eigenvalue weighted by atomic mass is 10.1. The maximum atomic E-state index is 13.2. The number of carbonyl (C=O) groups excluding carboxylic acids is 2. The molecule has 1 aromatic heterocycles. The number of rotatable bonds is 5. The van der Waals surface area contributed by atoms with E-state index in [4.69, 9.17) is 4.74 Å². The number of likely N-dealkylation sites (tertiary alicyclic amines) is 1. The van der Waals surface area contributed by atoms with E-state index >= 15 is 0 Å². The summed E-state index contributed by atoms with van der Waals surface area (Å²) >= 11 is 0. The van der Waals surface area contributed by atoms with Crippen molar-refractivity contribution in [3.8, 4) is 0 Å². The first-order valence-electron chi connectivity index (χ1n) is 9.12. The van der Waals surface area contributed by atoms with Crippen molar-refractivity contribution in [2.45, 2.75) is 25.8 Å². The van der Waals surface area contributed by atoms with Crippen LogP contribution in [0.3, 0.4) is 0 Å². The maximum absolute atomic E-state index is 13.2. The number of hydrogen-bond donors (Lipinski definition) is 2. The SMILES string of the molecule is CCOC(=O)N1CCC(Nc2ncc(C(=O)Nc3cccc(F)c3)cn2)CC1. The molecule has 0 bridgehead atoms. The molecule has 2 amide bonds. The molecule has 1 aliphatic heterocycles. The highest BCUT2D eigenvalue weighted by Crippen LogP contribution is 2.15. The Bertz CT molecular complexity index is 823. The average molecular weight is 387 g/mol. The van der Waals surface area contributed by atoms with Gasteiger partial charge >= 0.3 is 6.09 Å². The van der Waals surface area contributed by atoms with Gasteiger partial charge in [0.2, 0.25) is 5.95 Å². The van der Waals surface area contributed by atoms with Gasteiger partial charge in [0.1, 0.15) is 5.82 Å². The van der Waals surface area contributed by atoms with Crippen molar-refractivity contribution in [3.05, 3.63) is 48.0 Å². The number of benzene rings is 1. The Balaban J connectivity index is 1.51. The van der Waals surface area contributed by atoms with Gasteiger partial charge in [-0.2, -0.15) is 0 Å². The molecule has 0 spiro atoms. The lowest BCUT2D eigenvalue weighted by Gasteiger charge is -2.31. The van der Waals surface area contributed by atoms with E-state index in [1.165, 1.54) is 30.6 Å². The fourth-order valence-corrected chi connectivity index (χ4v) is 2.89. The largest absolute Gasteiger partial charge is 0.450 e. The van der Waals surface area contributed by atoms with Crippen molar-refractivity contribution in [1.29, 1.82) is 0 Å². The summed E-state index contributed by atoms with van der Waals surface area (Å²) in [5, 5.41) is 5.81. The molecule has 8 nitrogen and oxygen atoms in total. The van der Waals surface area contributed by atoms with Gasteiger partial charge in [-0.05, 0) is 38.0 Å². The number of piperidine rings is 1. The Morgan fingerprint density at radius 2 is 1.96 bits per heavy atom. The third kappa shape index (κ3) is 5.15. The molecule has 28 heavy (non-hydrogen) atoms. The van der Waals surface area contributed by atoms with Crippen molar-refractivity contribution in [1.82, 2.24) is 14.9 Å². The predicted octanol–water partition coefficient (Wildman–Crippen LogP) is 2.90. The van der Waals surface area contributed by atoms with E-state index in [0.717, 1.165) is 12.8 Å². The third-order valence-corrected chi connectivity index (χ3v) is 4.35. The van der Waals surface area contributed by atoms with Gasteiger partial charge in [0.15, 0.2) is 0 Å². The standard InChI is InChI=1S/C19H22FN5O3/c1-2-28-19(27)25-8-6-15(7-9-25)24-18-21-11-13(12-22-18)17(26)23-16-5-3-4-14(20)10-16/h3-5,10-12,15H,2,6-9H2,1H3,(H,23,26)(H,21,22,24). The molecule has 1 saturated heterocycles. The Kier molecular flexibility index (Phi) is 6.36. The first-order valence-corrected chi connectivity index (χ1v) is 9.12. The smallest absolute Gasteiger partial charge is 0.409 e. The van der Waals surface area contributed by atoms with Crippen molar-refractivity contribution in [2.75, 3.05) is 30.3 Å². The van der Waals surface area contributed by atoms with E-state index in [2.05, 4.69) is 20.6 Å². The Labute approximate surface area is 162 Å². The van der Waals surface area contributed by atoms with Crippen LogP contribution >= 0.6 is 0 Å². The topological polar surface area (TPSA) is 96.5 Å². The number of aromatic nitrogens is 2. The maximum Gasteiger partial charge on any atom is 0.409 e. The first-order chi connectivity index (χ1) is 13.5. The Morgan fingerprint density at radius 1 is 1.25 bits per heavy atom. The molecule has 2 heterocycles. The summed E-state index contributed by atoms with van der Waals surface area (Å²) in [6.07, 6.45) is 4.05. The van der Waals surface area contributed by atoms with E-state index in [1.54, 1.807) is 17.9 Å². The molecule has 2 N–H and O–H groups in total. The van der Waals surface area contributed by atoms with Gasteiger partial charge in [0.25, 0.3) is 5.91 Å². The summed E-state index contributed by atoms with van der Waals surface area (Å²) in [5.41, 5.74) is 0.632. The van der Waals surface area contributed by atoms with Crippen LogP contribution in [0.15, 0.2) is 36.7 Å². The molecule has 0 aliphatic carbocycles. The fourth-order valence-electron chi connectivity index (χ4n) is 2.89. The van der Waals surface area contributed by atoms with Gasteiger partial charge in [-0.3, -0.25) is 4.79 Å². The summed E-state index contributed by atoms with van der Waals surface area (Å²) in [5.74, 6) is -0.431. The van der Waals surface area contributed by atoms with Crippen LogP contribution in [0.5, 0.6) is 0 Å². The van der Waals surface area contributed by atoms with Crippen LogP contribution in [0, 0.1) is 5.82 Å². The summed E-state index contributed by atoms with van der Waals surface area (Å²) < 4.78 is 18.2. The lowest BCUT2D eigenvalue weighted by molar-refractivity contribution is 0.0982. The summed E-state index contributed by atoms with van der Waals surface area (Å²) in [6, 6.07) is 5.79. The van der Waals surface area contributed by atoms with Gasteiger partial charge in [-0.25, -0.2) is 19.2 Å². The van der Waals surface area contributed by atoms with E-state index in [-0.39, 0.29) is 17.7 Å². The molecule has 0 atom stereocenters. The minimum absolute atomic E-state index is 0.137. The lowest BCUT2D eigenvalue weighted by Crippen LogP contribution is -2.42. The zero-order valence-corrected chi connectivity index (χ0v) is 15.5. The molecule has 1 aliphatic rings. The van der Waals surface area contributed by atoms with Crippen LogP contribution in [0.4, 0.5) is 20.8 Å². The van der Waals surface area contributed by atoms with Crippen LogP contribution in [0.2, 0.25) is 0 Å². The molecule has 1 aromatic carbocycles. The number of nitrogens with zero attached hydrogens (tertiary/aromatic N) is 3. The quantitative estimate of drug-likeness (QED) is 0.819. The highest BCUT2D eigenvalue weighted by Gasteiger charge is 2.24. The van der Waals surface area contributed by atoms with E-state index in [0.29, 0.717) is 31.3 Å². The second-order valence-corrected chi connectivity index (χ2v) is 6.36. The number of amides is 2. The Hall–Kier alpha value is -3.23. The van der Waals surface area contributed by atoms with Crippen molar-refractivity contribution < 1.29 is 18.7 Å². The number of anilines is 2. The molecule has 148 valence electrons. The number of carbonyl (C=O) groups is 2. The normalized spacial score (nSPS) is 14.4. The average Bonchev–Trinajstić information content (AvgIpc) is 2.69. The predicted molar refractivity (Wildman–Crippen MR) is 102 cm³/mol. The van der Waals surface area contributed by atoms with Gasteiger partial charge in [-0.1, -0.05) is 6.07 Å². The number of nitrogens with one attached hydrogen (secondary N) is 2. The van der Waals surface area contributed by atoms with E-state index in [1.807, 2.05) is 0 Å². The van der Waals surface area contributed by atoms with Gasteiger partial charge in [-0.15, -0.1) is 0 Å². The molecule has 2 aromatic rings. The van der Waals surface area contributed by atoms with E-state index in [9.17, 15) is 14.0 Å². The molecule has 3 rings (SSSR count). The summed E-state index contributed by atoms with van der Waals surface area (Å²) in [7, 11) is 0.